The van der Waals surface area contributed by atoms with Gasteiger partial charge in [0.15, 0.2) is 0 Å². The molecule has 0 bridgehead atoms. The average molecular weight is 359 g/mol. The Morgan fingerprint density at radius 3 is 2.37 bits per heavy atom. The minimum absolute atomic E-state index is 0.0658. The molecule has 0 fully saturated rings. The molecule has 0 spiro atoms. The number of rotatable bonds is 6. The quantitative estimate of drug-likeness (QED) is 0.523. The van der Waals surface area contributed by atoms with Crippen LogP contribution in [0.1, 0.15) is 21.5 Å². The fourth-order valence-corrected chi connectivity index (χ4v) is 2.82. The number of carbonyl (C=O) groups excluding carboxylic acids is 1. The zero-order chi connectivity index (χ0) is 19.2. The Morgan fingerprint density at radius 1 is 1.00 bits per heavy atom. The van der Waals surface area contributed by atoms with Crippen LogP contribution in [0.5, 0.6) is 0 Å². The molecule has 0 heterocycles. The third-order valence-electron chi connectivity index (χ3n) is 4.26. The van der Waals surface area contributed by atoms with E-state index in [0.717, 1.165) is 16.7 Å². The molecule has 0 aliphatic carbocycles. The highest BCUT2D eigenvalue weighted by Crippen LogP contribution is 2.30. The molecular weight excluding hydrogens is 340 g/mol. The van der Waals surface area contributed by atoms with Crippen molar-refractivity contribution in [1.29, 1.82) is 0 Å². The molecule has 0 aromatic heterocycles. The summed E-state index contributed by atoms with van der Waals surface area (Å²) in [5, 5.41) is 14.3. The molecule has 0 unspecified atom stereocenters. The van der Waals surface area contributed by atoms with Gasteiger partial charge >= 0.3 is 0 Å². The van der Waals surface area contributed by atoms with Crippen molar-refractivity contribution in [3.8, 4) is 11.1 Å². The summed E-state index contributed by atoms with van der Waals surface area (Å²) in [5.41, 5.74) is 3.66. The van der Waals surface area contributed by atoms with Gasteiger partial charge in [0.25, 0.3) is 11.6 Å². The second-order valence-electron chi connectivity index (χ2n) is 6.18. The minimum Gasteiger partial charge on any atom is -0.352 e. The lowest BCUT2D eigenvalue weighted by molar-refractivity contribution is -0.384. The molecule has 5 heteroatoms. The average Bonchev–Trinajstić information content (AvgIpc) is 2.69. The summed E-state index contributed by atoms with van der Waals surface area (Å²) in [6, 6.07) is 21.5. The van der Waals surface area contributed by atoms with Crippen molar-refractivity contribution < 1.29 is 9.72 Å². The third-order valence-corrected chi connectivity index (χ3v) is 4.26. The molecule has 0 saturated heterocycles. The first-order valence-corrected chi connectivity index (χ1v) is 8.57. The molecule has 3 aromatic carbocycles. The van der Waals surface area contributed by atoms with Crippen LogP contribution in [0.4, 0.5) is 5.69 Å². The first kappa shape index (κ1) is 18.3. The fraction of sp³-hybridized carbons (Fsp3) is 0.0909. The Hall–Kier alpha value is -3.47. The minimum atomic E-state index is -0.370. The highest BCUT2D eigenvalue weighted by Gasteiger charge is 2.16. The van der Waals surface area contributed by atoms with Gasteiger partial charge in [0.05, 0.1) is 10.5 Å². The topological polar surface area (TPSA) is 72.2 Å². The lowest BCUT2D eigenvalue weighted by Crippen LogP contribution is -2.25. The lowest BCUT2D eigenvalue weighted by atomic mass is 10.0. The smallest absolute Gasteiger partial charge is 0.277 e. The highest BCUT2D eigenvalue weighted by atomic mass is 16.6. The summed E-state index contributed by atoms with van der Waals surface area (Å²) in [6.45, 7) is 4.18. The number of carbonyl (C=O) groups is 1. The second-order valence-corrected chi connectivity index (χ2v) is 6.18. The van der Waals surface area contributed by atoms with E-state index in [1.54, 1.807) is 36.4 Å². The molecule has 3 rings (SSSR count). The van der Waals surface area contributed by atoms with Gasteiger partial charge in [-0.05, 0) is 48.2 Å². The first-order chi connectivity index (χ1) is 13.0. The maximum absolute atomic E-state index is 12.1. The van der Waals surface area contributed by atoms with Gasteiger partial charge < -0.3 is 5.32 Å². The summed E-state index contributed by atoms with van der Waals surface area (Å²) >= 11 is 0. The van der Waals surface area contributed by atoms with Crippen LogP contribution < -0.4 is 5.32 Å². The van der Waals surface area contributed by atoms with Gasteiger partial charge in [-0.15, -0.1) is 0 Å². The van der Waals surface area contributed by atoms with Crippen molar-refractivity contribution in [2.75, 3.05) is 6.54 Å². The van der Waals surface area contributed by atoms with Gasteiger partial charge in [-0.25, -0.2) is 0 Å². The van der Waals surface area contributed by atoms with Crippen LogP contribution in [0.3, 0.4) is 0 Å². The molecule has 1 radical (unpaired) electrons. The Labute approximate surface area is 157 Å². The third kappa shape index (κ3) is 4.58. The Bertz CT molecular complexity index is 951. The largest absolute Gasteiger partial charge is 0.352 e. The number of nitro groups is 1. The predicted octanol–water partition coefficient (Wildman–Crippen LogP) is 4.42. The molecular formula is C22H19N2O3. The standard InChI is InChI=1S/C22H19N2O3/c1-16-7-10-19(11-8-16)22(25)23-14-13-17-9-12-20(21(15-17)24(26)27)18-5-3-2-4-6-18/h2-12,15H,1,13-14H2,(H,23,25). The summed E-state index contributed by atoms with van der Waals surface area (Å²) in [4.78, 5) is 23.2. The van der Waals surface area contributed by atoms with E-state index >= 15 is 0 Å². The maximum Gasteiger partial charge on any atom is 0.277 e. The van der Waals surface area contributed by atoms with Gasteiger partial charge in [0, 0.05) is 18.2 Å². The van der Waals surface area contributed by atoms with Crippen LogP contribution in [-0.2, 0) is 6.42 Å². The summed E-state index contributed by atoms with van der Waals surface area (Å²) in [6.07, 6.45) is 0.509. The Balaban J connectivity index is 1.69. The van der Waals surface area contributed by atoms with E-state index in [-0.39, 0.29) is 16.5 Å². The van der Waals surface area contributed by atoms with Crippen molar-refractivity contribution in [1.82, 2.24) is 5.32 Å². The van der Waals surface area contributed by atoms with Crippen molar-refractivity contribution in [2.45, 2.75) is 6.42 Å². The van der Waals surface area contributed by atoms with E-state index in [4.69, 9.17) is 0 Å². The van der Waals surface area contributed by atoms with Gasteiger partial charge in [-0.1, -0.05) is 48.5 Å². The van der Waals surface area contributed by atoms with Crippen LogP contribution in [0.25, 0.3) is 11.1 Å². The van der Waals surface area contributed by atoms with E-state index in [1.165, 1.54) is 0 Å². The number of nitrogens with zero attached hydrogens (tertiary/aromatic N) is 1. The zero-order valence-electron chi connectivity index (χ0n) is 14.7. The number of benzene rings is 3. The summed E-state index contributed by atoms with van der Waals surface area (Å²) in [5.74, 6) is -0.176. The first-order valence-electron chi connectivity index (χ1n) is 8.57. The normalized spacial score (nSPS) is 10.4. The lowest BCUT2D eigenvalue weighted by Gasteiger charge is -2.08. The van der Waals surface area contributed by atoms with E-state index < -0.39 is 0 Å². The number of amides is 1. The van der Waals surface area contributed by atoms with E-state index in [2.05, 4.69) is 12.2 Å². The summed E-state index contributed by atoms with van der Waals surface area (Å²) in [7, 11) is 0. The van der Waals surface area contributed by atoms with Crippen molar-refractivity contribution in [3.05, 3.63) is 107 Å². The van der Waals surface area contributed by atoms with Gasteiger partial charge in [-0.2, -0.15) is 0 Å². The number of hydrogen-bond acceptors (Lipinski definition) is 3. The Morgan fingerprint density at radius 2 is 1.70 bits per heavy atom. The van der Waals surface area contributed by atoms with Crippen LogP contribution in [0, 0.1) is 17.0 Å². The molecule has 0 aliphatic heterocycles. The fourth-order valence-electron chi connectivity index (χ4n) is 2.82. The summed E-state index contributed by atoms with van der Waals surface area (Å²) < 4.78 is 0. The number of nitro benzene ring substituents is 1. The molecule has 0 atom stereocenters. The van der Waals surface area contributed by atoms with Crippen molar-refractivity contribution >= 4 is 11.6 Å². The van der Waals surface area contributed by atoms with Crippen LogP contribution in [0.2, 0.25) is 0 Å². The molecule has 5 nitrogen and oxygen atoms in total. The van der Waals surface area contributed by atoms with Gasteiger partial charge in [-0.3, -0.25) is 14.9 Å². The van der Waals surface area contributed by atoms with E-state index in [1.807, 2.05) is 36.4 Å². The highest BCUT2D eigenvalue weighted by molar-refractivity contribution is 5.94. The van der Waals surface area contributed by atoms with Crippen LogP contribution in [-0.4, -0.2) is 17.4 Å². The molecule has 135 valence electrons. The zero-order valence-corrected chi connectivity index (χ0v) is 14.7. The molecule has 3 aromatic rings. The number of nitrogens with one attached hydrogen (secondary N) is 1. The molecule has 0 saturated carbocycles. The SMILES string of the molecule is [CH2]c1ccc(C(=O)NCCc2ccc(-c3ccccc3)c([N+](=O)[O-])c2)cc1. The molecule has 1 N–H and O–H groups in total. The van der Waals surface area contributed by atoms with Crippen molar-refractivity contribution in [3.63, 3.8) is 0 Å². The Kier molecular flexibility index (Phi) is 5.61. The molecule has 0 aliphatic rings. The monoisotopic (exact) mass is 359 g/mol. The van der Waals surface area contributed by atoms with Gasteiger partial charge in [0.1, 0.15) is 0 Å². The predicted molar refractivity (Wildman–Crippen MR) is 105 cm³/mol. The molecule has 27 heavy (non-hydrogen) atoms. The van der Waals surface area contributed by atoms with Crippen LogP contribution in [0.15, 0.2) is 72.8 Å². The number of hydrogen-bond donors (Lipinski definition) is 1. The van der Waals surface area contributed by atoms with E-state index in [9.17, 15) is 14.9 Å². The second kappa shape index (κ2) is 8.27. The molecule has 1 amide bonds. The van der Waals surface area contributed by atoms with Crippen molar-refractivity contribution in [2.24, 2.45) is 0 Å². The maximum atomic E-state index is 12.1. The van der Waals surface area contributed by atoms with Gasteiger partial charge in [0.2, 0.25) is 0 Å². The van der Waals surface area contributed by atoms with Crippen LogP contribution >= 0.6 is 0 Å². The van der Waals surface area contributed by atoms with E-state index in [0.29, 0.717) is 24.1 Å².